The Hall–Kier alpha value is -0.0800. The van der Waals surface area contributed by atoms with E-state index in [-0.39, 0.29) is 0 Å². The molecule has 0 aromatic rings. The minimum Gasteiger partial charge on any atom is -0.311 e. The number of nitrogens with one attached hydrogen (secondary N) is 1. The molecule has 2 heteroatoms. The van der Waals surface area contributed by atoms with Crippen molar-refractivity contribution in [1.29, 1.82) is 0 Å². The van der Waals surface area contributed by atoms with Gasteiger partial charge in [-0.05, 0) is 32.9 Å². The van der Waals surface area contributed by atoms with Gasteiger partial charge in [-0.25, -0.2) is 0 Å². The van der Waals surface area contributed by atoms with Gasteiger partial charge in [-0.15, -0.1) is 0 Å². The lowest BCUT2D eigenvalue weighted by Gasteiger charge is -2.30. The van der Waals surface area contributed by atoms with Crippen LogP contribution in [0.2, 0.25) is 0 Å². The molecule has 0 spiro atoms. The van der Waals surface area contributed by atoms with E-state index in [1.807, 2.05) is 0 Å². The van der Waals surface area contributed by atoms with Crippen molar-refractivity contribution in [3.05, 3.63) is 0 Å². The van der Waals surface area contributed by atoms with Crippen molar-refractivity contribution in [2.24, 2.45) is 0 Å². The van der Waals surface area contributed by atoms with E-state index in [0.717, 1.165) is 0 Å². The summed E-state index contributed by atoms with van der Waals surface area (Å²) < 4.78 is 0. The highest BCUT2D eigenvalue weighted by atomic mass is 15.2. The average molecular weight is 184 g/mol. The molecule has 0 aromatic carbocycles. The van der Waals surface area contributed by atoms with Crippen molar-refractivity contribution < 1.29 is 0 Å². The first kappa shape index (κ1) is 11.0. The highest BCUT2D eigenvalue weighted by Gasteiger charge is 2.13. The lowest BCUT2D eigenvalue weighted by Crippen LogP contribution is -2.43. The molecule has 1 rings (SSSR count). The first-order valence-corrected chi connectivity index (χ1v) is 5.67. The Bertz CT molecular complexity index is 128. The van der Waals surface area contributed by atoms with E-state index >= 15 is 0 Å². The summed E-state index contributed by atoms with van der Waals surface area (Å²) in [4.78, 5) is 2.59. The summed E-state index contributed by atoms with van der Waals surface area (Å²) in [6.07, 6.45) is 4.23. The molecule has 0 saturated carbocycles. The lowest BCUT2D eigenvalue weighted by atomic mass is 10.1. The molecule has 1 atom stereocenters. The molecule has 0 amide bonds. The summed E-state index contributed by atoms with van der Waals surface area (Å²) in [5.41, 5.74) is 0. The predicted molar refractivity (Wildman–Crippen MR) is 58.0 cm³/mol. The molecule has 1 heterocycles. The maximum absolute atomic E-state index is 3.55. The first-order valence-electron chi connectivity index (χ1n) is 5.67. The second kappa shape index (κ2) is 5.61. The van der Waals surface area contributed by atoms with E-state index in [9.17, 15) is 0 Å². The van der Waals surface area contributed by atoms with Gasteiger partial charge in [0.2, 0.25) is 0 Å². The van der Waals surface area contributed by atoms with Crippen molar-refractivity contribution in [3.63, 3.8) is 0 Å². The van der Waals surface area contributed by atoms with Crippen molar-refractivity contribution in [2.45, 2.75) is 52.1 Å². The van der Waals surface area contributed by atoms with Crippen molar-refractivity contribution in [2.75, 3.05) is 19.6 Å². The van der Waals surface area contributed by atoms with Crippen LogP contribution in [0.1, 0.15) is 40.0 Å². The number of hydrogen-bond donors (Lipinski definition) is 1. The number of likely N-dealkylation sites (tertiary alicyclic amines) is 1. The molecule has 0 aliphatic carbocycles. The molecule has 1 aliphatic rings. The van der Waals surface area contributed by atoms with Crippen LogP contribution in [-0.2, 0) is 0 Å². The van der Waals surface area contributed by atoms with Crippen molar-refractivity contribution in [1.82, 2.24) is 10.2 Å². The minimum absolute atomic E-state index is 0.611. The third-order valence-corrected chi connectivity index (χ3v) is 2.60. The molecule has 0 unspecified atom stereocenters. The Morgan fingerprint density at radius 2 is 1.69 bits per heavy atom. The zero-order valence-corrected chi connectivity index (χ0v) is 9.34. The molecular formula is C11H24N2. The van der Waals surface area contributed by atoms with Gasteiger partial charge in [0.25, 0.3) is 0 Å². The molecule has 0 aromatic heterocycles. The van der Waals surface area contributed by atoms with E-state index in [0.29, 0.717) is 12.1 Å². The SMILES string of the molecule is CC(C)N[C@@H](C)CN1CCCCC1. The van der Waals surface area contributed by atoms with Crippen LogP contribution in [0.3, 0.4) is 0 Å². The Kier molecular flexibility index (Phi) is 4.74. The summed E-state index contributed by atoms with van der Waals surface area (Å²) in [7, 11) is 0. The summed E-state index contributed by atoms with van der Waals surface area (Å²) in [6, 6.07) is 1.25. The molecule has 1 fully saturated rings. The fourth-order valence-corrected chi connectivity index (χ4v) is 2.15. The largest absolute Gasteiger partial charge is 0.311 e. The predicted octanol–water partition coefficient (Wildman–Crippen LogP) is 1.86. The Morgan fingerprint density at radius 3 is 2.23 bits per heavy atom. The maximum atomic E-state index is 3.55. The second-order valence-electron chi connectivity index (χ2n) is 4.58. The van der Waals surface area contributed by atoms with Crippen LogP contribution in [0.15, 0.2) is 0 Å². The summed E-state index contributed by atoms with van der Waals surface area (Å²) >= 11 is 0. The van der Waals surface area contributed by atoms with Crippen LogP contribution in [0, 0.1) is 0 Å². The van der Waals surface area contributed by atoms with Gasteiger partial charge >= 0.3 is 0 Å². The van der Waals surface area contributed by atoms with Crippen molar-refractivity contribution >= 4 is 0 Å². The normalized spacial score (nSPS) is 22.2. The second-order valence-corrected chi connectivity index (χ2v) is 4.58. The van der Waals surface area contributed by atoms with Gasteiger partial charge in [-0.2, -0.15) is 0 Å². The Morgan fingerprint density at radius 1 is 1.08 bits per heavy atom. The van der Waals surface area contributed by atoms with Crippen molar-refractivity contribution in [3.8, 4) is 0 Å². The third-order valence-electron chi connectivity index (χ3n) is 2.60. The highest BCUT2D eigenvalue weighted by Crippen LogP contribution is 2.08. The minimum atomic E-state index is 0.611. The molecule has 2 nitrogen and oxygen atoms in total. The van der Waals surface area contributed by atoms with E-state index in [2.05, 4.69) is 31.0 Å². The molecule has 1 aliphatic heterocycles. The van der Waals surface area contributed by atoms with Gasteiger partial charge in [0.05, 0.1) is 0 Å². The fourth-order valence-electron chi connectivity index (χ4n) is 2.15. The van der Waals surface area contributed by atoms with Crippen LogP contribution in [0.25, 0.3) is 0 Å². The van der Waals surface area contributed by atoms with E-state index in [1.165, 1.54) is 38.9 Å². The van der Waals surface area contributed by atoms with Gasteiger partial charge in [0, 0.05) is 18.6 Å². The van der Waals surface area contributed by atoms with E-state index in [1.54, 1.807) is 0 Å². The molecule has 0 bridgehead atoms. The van der Waals surface area contributed by atoms with Crippen LogP contribution in [-0.4, -0.2) is 36.6 Å². The maximum Gasteiger partial charge on any atom is 0.0169 e. The van der Waals surface area contributed by atoms with Crippen LogP contribution >= 0.6 is 0 Å². The number of nitrogens with zero attached hydrogens (tertiary/aromatic N) is 1. The van der Waals surface area contributed by atoms with E-state index in [4.69, 9.17) is 0 Å². The molecule has 1 saturated heterocycles. The summed E-state index contributed by atoms with van der Waals surface area (Å²) in [5, 5.41) is 3.55. The first-order chi connectivity index (χ1) is 6.18. The molecule has 0 radical (unpaired) electrons. The zero-order chi connectivity index (χ0) is 9.68. The summed E-state index contributed by atoms with van der Waals surface area (Å²) in [6.45, 7) is 10.6. The smallest absolute Gasteiger partial charge is 0.0169 e. The highest BCUT2D eigenvalue weighted by molar-refractivity contribution is 4.72. The number of piperidine rings is 1. The molecular weight excluding hydrogens is 160 g/mol. The van der Waals surface area contributed by atoms with Crippen LogP contribution < -0.4 is 5.32 Å². The molecule has 1 N–H and O–H groups in total. The number of rotatable bonds is 4. The number of hydrogen-bond acceptors (Lipinski definition) is 2. The van der Waals surface area contributed by atoms with Gasteiger partial charge in [0.1, 0.15) is 0 Å². The molecule has 13 heavy (non-hydrogen) atoms. The van der Waals surface area contributed by atoms with Gasteiger partial charge < -0.3 is 10.2 Å². The molecule has 78 valence electrons. The zero-order valence-electron chi connectivity index (χ0n) is 9.34. The summed E-state index contributed by atoms with van der Waals surface area (Å²) in [5.74, 6) is 0. The quantitative estimate of drug-likeness (QED) is 0.717. The monoisotopic (exact) mass is 184 g/mol. The van der Waals surface area contributed by atoms with Gasteiger partial charge in [-0.1, -0.05) is 20.3 Å². The van der Waals surface area contributed by atoms with Crippen LogP contribution in [0.4, 0.5) is 0 Å². The Balaban J connectivity index is 2.14. The third kappa shape index (κ3) is 4.63. The Labute approximate surface area is 82.7 Å². The van der Waals surface area contributed by atoms with Gasteiger partial charge in [0.15, 0.2) is 0 Å². The topological polar surface area (TPSA) is 15.3 Å². The van der Waals surface area contributed by atoms with E-state index < -0.39 is 0 Å². The standard InChI is InChI=1S/C11H24N2/c1-10(2)12-11(3)9-13-7-5-4-6-8-13/h10-12H,4-9H2,1-3H3/t11-/m0/s1. The van der Waals surface area contributed by atoms with Crippen LogP contribution in [0.5, 0.6) is 0 Å². The average Bonchev–Trinajstić information content (AvgIpc) is 2.04. The lowest BCUT2D eigenvalue weighted by molar-refractivity contribution is 0.206. The fraction of sp³-hybridized carbons (Fsp3) is 1.00. The van der Waals surface area contributed by atoms with Gasteiger partial charge in [-0.3, -0.25) is 0 Å².